The highest BCUT2D eigenvalue weighted by molar-refractivity contribution is 7.09. The van der Waals surface area contributed by atoms with E-state index in [9.17, 15) is 0 Å². The molecule has 124 valence electrons. The molecule has 0 radical (unpaired) electrons. The molecule has 1 fully saturated rings. The van der Waals surface area contributed by atoms with Crippen molar-refractivity contribution >= 4 is 17.2 Å². The van der Waals surface area contributed by atoms with Crippen molar-refractivity contribution in [2.75, 3.05) is 31.1 Å². The van der Waals surface area contributed by atoms with Gasteiger partial charge in [-0.25, -0.2) is 9.67 Å². The highest BCUT2D eigenvalue weighted by Gasteiger charge is 2.17. The van der Waals surface area contributed by atoms with Crippen LogP contribution in [0.4, 0.5) is 5.82 Å². The molecule has 0 bridgehead atoms. The van der Waals surface area contributed by atoms with Gasteiger partial charge in [-0.15, -0.1) is 11.3 Å². The Bertz CT molecular complexity index is 755. The van der Waals surface area contributed by atoms with E-state index in [1.165, 1.54) is 4.88 Å². The van der Waals surface area contributed by atoms with E-state index in [4.69, 9.17) is 4.98 Å². The smallest absolute Gasteiger partial charge is 0.173 e. The van der Waals surface area contributed by atoms with Gasteiger partial charge in [0.15, 0.2) is 5.82 Å². The summed E-state index contributed by atoms with van der Waals surface area (Å²) in [6.07, 6.45) is 8.38. The molecule has 3 aromatic heterocycles. The van der Waals surface area contributed by atoms with E-state index < -0.39 is 0 Å². The fraction of sp³-hybridized carbons (Fsp3) is 0.353. The number of hydrogen-bond donors (Lipinski definition) is 0. The van der Waals surface area contributed by atoms with Crippen LogP contribution >= 0.6 is 11.3 Å². The zero-order chi connectivity index (χ0) is 16.2. The van der Waals surface area contributed by atoms with Crippen LogP contribution in [0.25, 0.3) is 5.82 Å². The molecule has 0 saturated carbocycles. The minimum Gasteiger partial charge on any atom is -0.354 e. The topological polar surface area (TPSA) is 50.1 Å². The van der Waals surface area contributed by atoms with Gasteiger partial charge in [-0.3, -0.25) is 9.88 Å². The van der Waals surface area contributed by atoms with Gasteiger partial charge >= 0.3 is 0 Å². The van der Waals surface area contributed by atoms with Crippen LogP contribution in [0.1, 0.15) is 11.3 Å². The van der Waals surface area contributed by atoms with Crippen LogP contribution in [-0.4, -0.2) is 50.8 Å². The van der Waals surface area contributed by atoms with Crippen LogP contribution in [0.5, 0.6) is 0 Å². The SMILES string of the molecule is c1csc(CN2CCCN(c3cncc(-n4cccn4)n3)CC2)c1. The maximum absolute atomic E-state index is 4.73. The van der Waals surface area contributed by atoms with Crippen molar-refractivity contribution < 1.29 is 0 Å². The van der Waals surface area contributed by atoms with Gasteiger partial charge in [0.2, 0.25) is 0 Å². The average molecular weight is 340 g/mol. The Balaban J connectivity index is 1.44. The van der Waals surface area contributed by atoms with Crippen LogP contribution in [0.3, 0.4) is 0 Å². The third-order valence-corrected chi connectivity index (χ3v) is 5.08. The normalized spacial score (nSPS) is 16.2. The predicted molar refractivity (Wildman–Crippen MR) is 95.6 cm³/mol. The van der Waals surface area contributed by atoms with E-state index in [1.54, 1.807) is 17.1 Å². The Morgan fingerprint density at radius 3 is 2.83 bits per heavy atom. The summed E-state index contributed by atoms with van der Waals surface area (Å²) < 4.78 is 1.75. The lowest BCUT2D eigenvalue weighted by molar-refractivity contribution is 0.288. The lowest BCUT2D eigenvalue weighted by Crippen LogP contribution is -2.31. The van der Waals surface area contributed by atoms with Gasteiger partial charge in [-0.05, 0) is 23.9 Å². The summed E-state index contributed by atoms with van der Waals surface area (Å²) in [5, 5.41) is 6.38. The summed E-state index contributed by atoms with van der Waals surface area (Å²) in [4.78, 5) is 15.4. The molecule has 3 aromatic rings. The number of nitrogens with zero attached hydrogens (tertiary/aromatic N) is 6. The summed E-state index contributed by atoms with van der Waals surface area (Å²) in [6, 6.07) is 6.23. The molecule has 6 nitrogen and oxygen atoms in total. The van der Waals surface area contributed by atoms with Crippen LogP contribution < -0.4 is 4.90 Å². The highest BCUT2D eigenvalue weighted by atomic mass is 32.1. The van der Waals surface area contributed by atoms with Crippen LogP contribution in [0.15, 0.2) is 48.4 Å². The monoisotopic (exact) mass is 340 g/mol. The molecule has 0 aliphatic carbocycles. The fourth-order valence-electron chi connectivity index (χ4n) is 2.99. The standard InChI is InChI=1S/C17H20N6S/c1-4-15(24-11-1)14-21-6-3-7-22(10-9-21)16-12-18-13-17(20-16)23-8-2-5-19-23/h1-2,4-5,8,11-13H,3,6-7,9-10,14H2. The second-order valence-electron chi connectivity index (χ2n) is 5.88. The molecule has 0 spiro atoms. The van der Waals surface area contributed by atoms with Crippen LogP contribution in [-0.2, 0) is 6.54 Å². The molecule has 0 unspecified atom stereocenters. The minimum atomic E-state index is 0.761. The van der Waals surface area contributed by atoms with Gasteiger partial charge in [0, 0.05) is 50.0 Å². The summed E-state index contributed by atoms with van der Waals surface area (Å²) in [6.45, 7) is 5.21. The van der Waals surface area contributed by atoms with E-state index in [2.05, 4.69) is 37.4 Å². The van der Waals surface area contributed by atoms with E-state index in [-0.39, 0.29) is 0 Å². The first-order valence-electron chi connectivity index (χ1n) is 8.20. The molecule has 1 aliphatic rings. The molecule has 0 aromatic carbocycles. The first-order valence-corrected chi connectivity index (χ1v) is 9.08. The van der Waals surface area contributed by atoms with E-state index in [0.29, 0.717) is 0 Å². The largest absolute Gasteiger partial charge is 0.354 e. The van der Waals surface area contributed by atoms with Crippen molar-refractivity contribution in [3.8, 4) is 5.82 Å². The third kappa shape index (κ3) is 3.47. The minimum absolute atomic E-state index is 0.761. The van der Waals surface area contributed by atoms with Gasteiger partial charge in [-0.1, -0.05) is 6.07 Å². The Morgan fingerprint density at radius 1 is 1.04 bits per heavy atom. The second-order valence-corrected chi connectivity index (χ2v) is 6.91. The van der Waals surface area contributed by atoms with Crippen molar-refractivity contribution in [3.05, 3.63) is 53.2 Å². The van der Waals surface area contributed by atoms with Gasteiger partial charge in [-0.2, -0.15) is 5.10 Å². The Morgan fingerprint density at radius 2 is 2.00 bits per heavy atom. The number of thiophene rings is 1. The highest BCUT2D eigenvalue weighted by Crippen LogP contribution is 2.17. The van der Waals surface area contributed by atoms with Crippen LogP contribution in [0, 0.1) is 0 Å². The maximum Gasteiger partial charge on any atom is 0.173 e. The molecule has 0 N–H and O–H groups in total. The number of aromatic nitrogens is 4. The van der Waals surface area contributed by atoms with Crippen molar-refractivity contribution in [1.29, 1.82) is 0 Å². The fourth-order valence-corrected chi connectivity index (χ4v) is 3.74. The van der Waals surface area contributed by atoms with E-state index in [0.717, 1.165) is 50.8 Å². The summed E-state index contributed by atoms with van der Waals surface area (Å²) in [5.41, 5.74) is 0. The first-order chi connectivity index (χ1) is 11.9. The zero-order valence-corrected chi connectivity index (χ0v) is 14.3. The molecular weight excluding hydrogens is 320 g/mol. The maximum atomic E-state index is 4.73. The van der Waals surface area contributed by atoms with Crippen LogP contribution in [0.2, 0.25) is 0 Å². The van der Waals surface area contributed by atoms with E-state index in [1.807, 2.05) is 29.8 Å². The molecule has 4 heterocycles. The quantitative estimate of drug-likeness (QED) is 0.730. The zero-order valence-electron chi connectivity index (χ0n) is 13.5. The van der Waals surface area contributed by atoms with Gasteiger partial charge in [0.05, 0.1) is 12.4 Å². The molecule has 1 saturated heterocycles. The summed E-state index contributed by atoms with van der Waals surface area (Å²) in [7, 11) is 0. The lowest BCUT2D eigenvalue weighted by Gasteiger charge is -2.22. The van der Waals surface area contributed by atoms with Gasteiger partial charge < -0.3 is 4.90 Å². The Labute approximate surface area is 145 Å². The molecule has 7 heteroatoms. The number of hydrogen-bond acceptors (Lipinski definition) is 6. The average Bonchev–Trinajstić information content (AvgIpc) is 3.27. The van der Waals surface area contributed by atoms with Crippen molar-refractivity contribution in [3.63, 3.8) is 0 Å². The Kier molecular flexibility index (Phi) is 4.53. The summed E-state index contributed by atoms with van der Waals surface area (Å²) >= 11 is 1.83. The first kappa shape index (κ1) is 15.3. The molecule has 0 atom stereocenters. The third-order valence-electron chi connectivity index (χ3n) is 4.22. The van der Waals surface area contributed by atoms with Gasteiger partial charge in [0.25, 0.3) is 0 Å². The molecular formula is C17H20N6S. The van der Waals surface area contributed by atoms with Crippen molar-refractivity contribution in [1.82, 2.24) is 24.6 Å². The Hall–Kier alpha value is -2.25. The van der Waals surface area contributed by atoms with E-state index >= 15 is 0 Å². The van der Waals surface area contributed by atoms with Crippen molar-refractivity contribution in [2.45, 2.75) is 13.0 Å². The second kappa shape index (κ2) is 7.11. The molecule has 24 heavy (non-hydrogen) atoms. The molecule has 4 rings (SSSR count). The lowest BCUT2D eigenvalue weighted by atomic mass is 10.3. The van der Waals surface area contributed by atoms with Crippen molar-refractivity contribution in [2.24, 2.45) is 0 Å². The number of rotatable bonds is 4. The van der Waals surface area contributed by atoms with Gasteiger partial charge in [0.1, 0.15) is 5.82 Å². The predicted octanol–water partition coefficient (Wildman–Crippen LogP) is 2.44. The molecule has 0 amide bonds. The summed E-state index contributed by atoms with van der Waals surface area (Å²) in [5.74, 6) is 1.69. The molecule has 1 aliphatic heterocycles. The number of anilines is 1.